The van der Waals surface area contributed by atoms with E-state index >= 15 is 0 Å². The maximum Gasteiger partial charge on any atom is 0.222 e. The highest BCUT2D eigenvalue weighted by atomic mass is 16.1. The van der Waals surface area contributed by atoms with Gasteiger partial charge in [0.2, 0.25) is 5.82 Å². The van der Waals surface area contributed by atoms with Crippen LogP contribution < -0.4 is 0 Å². The molecule has 0 bridgehead atoms. The minimum Gasteiger partial charge on any atom is -0.291 e. The number of carbonyl (C=O) groups excluding carboxylic acids is 1. The van der Waals surface area contributed by atoms with Gasteiger partial charge in [0.1, 0.15) is 0 Å². The van der Waals surface area contributed by atoms with E-state index in [-0.39, 0.29) is 11.6 Å². The zero-order valence-corrected chi connectivity index (χ0v) is 8.51. The third-order valence-corrected chi connectivity index (χ3v) is 2.06. The lowest BCUT2D eigenvalue weighted by molar-refractivity contribution is 0.100. The van der Waals surface area contributed by atoms with Crippen LogP contribution in [0.4, 0.5) is 0 Å². The van der Waals surface area contributed by atoms with Crippen LogP contribution in [-0.2, 0) is 0 Å². The highest BCUT2D eigenvalue weighted by Crippen LogP contribution is 2.09. The average molecular weight is 202 g/mol. The predicted octanol–water partition coefficient (Wildman–Crippen LogP) is 1.17. The van der Waals surface area contributed by atoms with E-state index in [0.717, 1.165) is 11.3 Å². The van der Waals surface area contributed by atoms with Crippen LogP contribution in [0.25, 0.3) is 5.69 Å². The van der Waals surface area contributed by atoms with Gasteiger partial charge in [-0.05, 0) is 29.5 Å². The quantitative estimate of drug-likeness (QED) is 0.686. The number of benzene rings is 1. The summed E-state index contributed by atoms with van der Waals surface area (Å²) in [5.41, 5.74) is 1.94. The largest absolute Gasteiger partial charge is 0.291 e. The minimum atomic E-state index is -0.152. The summed E-state index contributed by atoms with van der Waals surface area (Å²) in [5, 5.41) is 10.9. The number of hydrogen-bond acceptors (Lipinski definition) is 4. The van der Waals surface area contributed by atoms with Crippen LogP contribution in [0.15, 0.2) is 24.3 Å². The molecular weight excluding hydrogens is 192 g/mol. The van der Waals surface area contributed by atoms with Crippen LogP contribution in [0, 0.1) is 6.92 Å². The van der Waals surface area contributed by atoms with E-state index in [1.54, 1.807) is 0 Å². The molecule has 0 spiro atoms. The molecule has 0 aliphatic carbocycles. The molecule has 0 saturated heterocycles. The van der Waals surface area contributed by atoms with Gasteiger partial charge in [0.15, 0.2) is 5.78 Å². The zero-order chi connectivity index (χ0) is 10.8. The molecule has 0 N–H and O–H groups in total. The number of aromatic nitrogens is 4. The van der Waals surface area contributed by atoms with Crippen molar-refractivity contribution in [3.8, 4) is 5.69 Å². The molecule has 2 aromatic rings. The Morgan fingerprint density at radius 1 is 1.27 bits per heavy atom. The van der Waals surface area contributed by atoms with E-state index in [4.69, 9.17) is 0 Å². The molecule has 0 fully saturated rings. The van der Waals surface area contributed by atoms with Gasteiger partial charge in [0.05, 0.1) is 5.69 Å². The maximum atomic E-state index is 11.2. The summed E-state index contributed by atoms with van der Waals surface area (Å²) in [4.78, 5) is 11.2. The van der Waals surface area contributed by atoms with Crippen molar-refractivity contribution in [2.45, 2.75) is 13.8 Å². The molecule has 0 unspecified atom stereocenters. The van der Waals surface area contributed by atoms with Crippen molar-refractivity contribution in [1.82, 2.24) is 20.2 Å². The van der Waals surface area contributed by atoms with Gasteiger partial charge in [0.25, 0.3) is 0 Å². The molecule has 2 rings (SSSR count). The molecule has 0 aliphatic heterocycles. The van der Waals surface area contributed by atoms with Gasteiger partial charge in [-0.1, -0.05) is 17.7 Å². The smallest absolute Gasteiger partial charge is 0.222 e. The van der Waals surface area contributed by atoms with Crippen LogP contribution in [0.3, 0.4) is 0 Å². The van der Waals surface area contributed by atoms with Gasteiger partial charge in [-0.3, -0.25) is 4.79 Å². The Morgan fingerprint density at radius 3 is 2.53 bits per heavy atom. The summed E-state index contributed by atoms with van der Waals surface area (Å²) in [7, 11) is 0. The Balaban J connectivity index is 2.49. The lowest BCUT2D eigenvalue weighted by atomic mass is 10.2. The summed E-state index contributed by atoms with van der Waals surface area (Å²) in [6, 6.07) is 7.64. The molecule has 5 heteroatoms. The van der Waals surface area contributed by atoms with Gasteiger partial charge in [0, 0.05) is 6.92 Å². The third-order valence-electron chi connectivity index (χ3n) is 2.06. The fourth-order valence-corrected chi connectivity index (χ4v) is 1.27. The van der Waals surface area contributed by atoms with Gasteiger partial charge >= 0.3 is 0 Å². The maximum absolute atomic E-state index is 11.2. The Morgan fingerprint density at radius 2 is 1.93 bits per heavy atom. The SMILES string of the molecule is CC(=O)c1nnnn1-c1ccc(C)cc1. The Labute approximate surface area is 86.7 Å². The molecule has 0 aliphatic rings. The van der Waals surface area contributed by atoms with Crippen LogP contribution in [0.2, 0.25) is 0 Å². The summed E-state index contributed by atoms with van der Waals surface area (Å²) in [6.07, 6.45) is 0. The highest BCUT2D eigenvalue weighted by molar-refractivity contribution is 5.90. The van der Waals surface area contributed by atoms with Crippen molar-refractivity contribution in [1.29, 1.82) is 0 Å². The normalized spacial score (nSPS) is 10.3. The number of tetrazole rings is 1. The van der Waals surface area contributed by atoms with Crippen molar-refractivity contribution in [2.24, 2.45) is 0 Å². The number of carbonyl (C=O) groups is 1. The fraction of sp³-hybridized carbons (Fsp3) is 0.200. The second-order valence-corrected chi connectivity index (χ2v) is 3.31. The molecule has 0 saturated carbocycles. The number of rotatable bonds is 2. The topological polar surface area (TPSA) is 60.7 Å². The van der Waals surface area contributed by atoms with Crippen molar-refractivity contribution >= 4 is 5.78 Å². The average Bonchev–Trinajstić information content (AvgIpc) is 2.67. The summed E-state index contributed by atoms with van der Waals surface area (Å²) >= 11 is 0. The monoisotopic (exact) mass is 202 g/mol. The number of nitrogens with zero attached hydrogens (tertiary/aromatic N) is 4. The van der Waals surface area contributed by atoms with Crippen molar-refractivity contribution in [3.05, 3.63) is 35.7 Å². The zero-order valence-electron chi connectivity index (χ0n) is 8.51. The first kappa shape index (κ1) is 9.51. The van der Waals surface area contributed by atoms with E-state index in [1.807, 2.05) is 31.2 Å². The molecule has 1 aromatic heterocycles. The van der Waals surface area contributed by atoms with Gasteiger partial charge in [-0.25, -0.2) is 0 Å². The molecule has 0 atom stereocenters. The van der Waals surface area contributed by atoms with Crippen LogP contribution >= 0.6 is 0 Å². The molecular formula is C10H10N4O. The third kappa shape index (κ3) is 1.76. The standard InChI is InChI=1S/C10H10N4O/c1-7-3-5-9(6-4-7)14-10(8(2)15)11-12-13-14/h3-6H,1-2H3. The van der Waals surface area contributed by atoms with Crippen LogP contribution in [0.1, 0.15) is 23.1 Å². The van der Waals surface area contributed by atoms with Gasteiger partial charge in [-0.2, -0.15) is 4.68 Å². The molecule has 1 heterocycles. The van der Waals surface area contributed by atoms with E-state index in [9.17, 15) is 4.79 Å². The minimum absolute atomic E-state index is 0.152. The van der Waals surface area contributed by atoms with Crippen molar-refractivity contribution < 1.29 is 4.79 Å². The van der Waals surface area contributed by atoms with E-state index in [1.165, 1.54) is 11.6 Å². The van der Waals surface area contributed by atoms with Gasteiger partial charge in [-0.15, -0.1) is 5.10 Å². The van der Waals surface area contributed by atoms with Crippen molar-refractivity contribution in [3.63, 3.8) is 0 Å². The number of Topliss-reactive ketones (excluding diaryl/α,β-unsaturated/α-hetero) is 1. The number of ketones is 1. The number of hydrogen-bond donors (Lipinski definition) is 0. The molecule has 0 radical (unpaired) electrons. The molecule has 76 valence electrons. The Bertz CT molecular complexity index is 486. The van der Waals surface area contributed by atoms with Crippen LogP contribution in [0.5, 0.6) is 0 Å². The van der Waals surface area contributed by atoms with Crippen LogP contribution in [-0.4, -0.2) is 26.0 Å². The first-order chi connectivity index (χ1) is 7.18. The summed E-state index contributed by atoms with van der Waals surface area (Å²) in [6.45, 7) is 3.44. The molecule has 0 amide bonds. The predicted molar refractivity (Wildman–Crippen MR) is 53.9 cm³/mol. The second kappa shape index (κ2) is 3.61. The highest BCUT2D eigenvalue weighted by Gasteiger charge is 2.11. The molecule has 5 nitrogen and oxygen atoms in total. The van der Waals surface area contributed by atoms with Crippen molar-refractivity contribution in [2.75, 3.05) is 0 Å². The Hall–Kier alpha value is -2.04. The van der Waals surface area contributed by atoms with E-state index in [0.29, 0.717) is 0 Å². The number of aryl methyl sites for hydroxylation is 1. The van der Waals surface area contributed by atoms with Gasteiger partial charge < -0.3 is 0 Å². The first-order valence-electron chi connectivity index (χ1n) is 4.55. The van der Waals surface area contributed by atoms with E-state index in [2.05, 4.69) is 15.5 Å². The second-order valence-electron chi connectivity index (χ2n) is 3.31. The summed E-state index contributed by atoms with van der Waals surface area (Å²) in [5.74, 6) is 0.0967. The van der Waals surface area contributed by atoms with E-state index < -0.39 is 0 Å². The lowest BCUT2D eigenvalue weighted by Crippen LogP contribution is -2.07. The molecule has 1 aromatic carbocycles. The molecule has 15 heavy (non-hydrogen) atoms. The lowest BCUT2D eigenvalue weighted by Gasteiger charge is -2.01. The fourth-order valence-electron chi connectivity index (χ4n) is 1.27. The summed E-state index contributed by atoms with van der Waals surface area (Å²) < 4.78 is 1.43. The first-order valence-corrected chi connectivity index (χ1v) is 4.55. The Kier molecular flexibility index (Phi) is 2.29.